The second kappa shape index (κ2) is 7.74. The average Bonchev–Trinajstić information content (AvgIpc) is 2.41. The van der Waals surface area contributed by atoms with E-state index in [-0.39, 0.29) is 18.9 Å². The maximum atomic E-state index is 11.9. The first-order chi connectivity index (χ1) is 9.56. The summed E-state index contributed by atoms with van der Waals surface area (Å²) in [6.07, 6.45) is 1.53. The normalized spacial score (nSPS) is 9.60. The summed E-state index contributed by atoms with van der Waals surface area (Å²) >= 11 is 0. The third kappa shape index (κ3) is 4.94. The van der Waals surface area contributed by atoms with Gasteiger partial charge < -0.3 is 15.3 Å². The minimum atomic E-state index is -0.956. The largest absolute Gasteiger partial charge is 0.481 e. The SMILES string of the molecule is CCN(CCC#N)C(=O)Nc1ccc(CC(=O)O)nc1. The molecule has 0 bridgehead atoms. The fraction of sp³-hybridized carbons (Fsp3) is 0.385. The molecule has 7 nitrogen and oxygen atoms in total. The van der Waals surface area contributed by atoms with E-state index in [1.807, 2.05) is 13.0 Å². The number of urea groups is 1. The van der Waals surface area contributed by atoms with Gasteiger partial charge in [-0.25, -0.2) is 4.79 Å². The van der Waals surface area contributed by atoms with Gasteiger partial charge in [0.25, 0.3) is 0 Å². The highest BCUT2D eigenvalue weighted by atomic mass is 16.4. The third-order valence-electron chi connectivity index (χ3n) is 2.57. The number of amides is 2. The molecule has 0 aliphatic heterocycles. The summed E-state index contributed by atoms with van der Waals surface area (Å²) in [5.74, 6) is -0.956. The zero-order chi connectivity index (χ0) is 15.0. The lowest BCUT2D eigenvalue weighted by Gasteiger charge is -2.19. The summed E-state index contributed by atoms with van der Waals surface area (Å²) in [7, 11) is 0. The number of nitrogens with one attached hydrogen (secondary N) is 1. The fourth-order valence-corrected chi connectivity index (χ4v) is 1.55. The molecular weight excluding hydrogens is 260 g/mol. The highest BCUT2D eigenvalue weighted by molar-refractivity contribution is 5.89. The van der Waals surface area contributed by atoms with Crippen LogP contribution in [0.3, 0.4) is 0 Å². The van der Waals surface area contributed by atoms with Crippen LogP contribution < -0.4 is 5.32 Å². The zero-order valence-corrected chi connectivity index (χ0v) is 11.2. The molecule has 106 valence electrons. The van der Waals surface area contributed by atoms with Crippen molar-refractivity contribution in [1.82, 2.24) is 9.88 Å². The van der Waals surface area contributed by atoms with Gasteiger partial charge in [-0.1, -0.05) is 0 Å². The fourth-order valence-electron chi connectivity index (χ4n) is 1.55. The minimum absolute atomic E-state index is 0.155. The summed E-state index contributed by atoms with van der Waals surface area (Å²) < 4.78 is 0. The van der Waals surface area contributed by atoms with Gasteiger partial charge in [0.15, 0.2) is 0 Å². The standard InChI is InChI=1S/C13H16N4O3/c1-2-17(7-3-6-14)13(20)16-11-5-4-10(15-9-11)8-12(18)19/h4-5,9H,2-3,7-8H2,1H3,(H,16,20)(H,18,19). The van der Waals surface area contributed by atoms with Crippen LogP contribution >= 0.6 is 0 Å². The molecule has 0 spiro atoms. The zero-order valence-electron chi connectivity index (χ0n) is 11.2. The molecule has 20 heavy (non-hydrogen) atoms. The smallest absolute Gasteiger partial charge is 0.321 e. The second-order valence-corrected chi connectivity index (χ2v) is 4.03. The molecule has 7 heteroatoms. The molecule has 0 unspecified atom stereocenters. The lowest BCUT2D eigenvalue weighted by molar-refractivity contribution is -0.136. The number of aliphatic carboxylic acids is 1. The number of carbonyl (C=O) groups is 2. The van der Waals surface area contributed by atoms with Crippen LogP contribution in [-0.4, -0.2) is 40.1 Å². The van der Waals surface area contributed by atoms with Crippen LogP contribution in [0.2, 0.25) is 0 Å². The number of aromatic nitrogens is 1. The summed E-state index contributed by atoms with van der Waals surface area (Å²) in [6, 6.07) is 4.83. The van der Waals surface area contributed by atoms with Gasteiger partial charge >= 0.3 is 12.0 Å². The third-order valence-corrected chi connectivity index (χ3v) is 2.57. The number of rotatable bonds is 6. The van der Waals surface area contributed by atoms with Crippen LogP contribution in [0.1, 0.15) is 19.0 Å². The first-order valence-corrected chi connectivity index (χ1v) is 6.16. The van der Waals surface area contributed by atoms with Crippen molar-refractivity contribution in [2.45, 2.75) is 19.8 Å². The molecule has 2 N–H and O–H groups in total. The molecule has 0 fully saturated rings. The van der Waals surface area contributed by atoms with Crippen molar-refractivity contribution in [3.05, 3.63) is 24.0 Å². The van der Waals surface area contributed by atoms with Gasteiger partial charge in [0.1, 0.15) is 0 Å². The van der Waals surface area contributed by atoms with Crippen LogP contribution in [0.15, 0.2) is 18.3 Å². The van der Waals surface area contributed by atoms with Crippen LogP contribution in [0.5, 0.6) is 0 Å². The molecule has 1 aromatic rings. The van der Waals surface area contributed by atoms with Crippen molar-refractivity contribution >= 4 is 17.7 Å². The van der Waals surface area contributed by atoms with E-state index in [0.717, 1.165) is 0 Å². The number of nitrogens with zero attached hydrogens (tertiary/aromatic N) is 3. The highest BCUT2D eigenvalue weighted by Crippen LogP contribution is 2.08. The summed E-state index contributed by atoms with van der Waals surface area (Å²) in [5, 5.41) is 19.8. The maximum Gasteiger partial charge on any atom is 0.321 e. The molecule has 0 atom stereocenters. The Morgan fingerprint density at radius 3 is 2.75 bits per heavy atom. The molecule has 0 aliphatic carbocycles. The topological polar surface area (TPSA) is 106 Å². The molecule has 0 saturated carbocycles. The van der Waals surface area contributed by atoms with Crippen LogP contribution in [0, 0.1) is 11.3 Å². The molecule has 1 heterocycles. The van der Waals surface area contributed by atoms with E-state index in [1.165, 1.54) is 11.1 Å². The Hall–Kier alpha value is -2.62. The maximum absolute atomic E-state index is 11.9. The quantitative estimate of drug-likeness (QED) is 0.818. The predicted octanol–water partition coefficient (Wildman–Crippen LogP) is 1.48. The second-order valence-electron chi connectivity index (χ2n) is 4.03. The van der Waals surface area contributed by atoms with Gasteiger partial charge in [0, 0.05) is 13.1 Å². The van der Waals surface area contributed by atoms with Crippen LogP contribution in [0.25, 0.3) is 0 Å². The Bertz CT molecular complexity index is 507. The number of nitriles is 1. The van der Waals surface area contributed by atoms with Gasteiger partial charge in [-0.15, -0.1) is 0 Å². The molecular formula is C13H16N4O3. The Morgan fingerprint density at radius 2 is 2.25 bits per heavy atom. The number of carbonyl (C=O) groups excluding carboxylic acids is 1. The number of hydrogen-bond acceptors (Lipinski definition) is 4. The lowest BCUT2D eigenvalue weighted by Crippen LogP contribution is -2.35. The monoisotopic (exact) mass is 276 g/mol. The number of carboxylic acids is 1. The summed E-state index contributed by atoms with van der Waals surface area (Å²) in [6.45, 7) is 2.69. The van der Waals surface area contributed by atoms with E-state index < -0.39 is 5.97 Å². The number of carboxylic acid groups (broad SMARTS) is 1. The van der Waals surface area contributed by atoms with E-state index in [0.29, 0.717) is 24.5 Å². The Labute approximate surface area is 116 Å². The van der Waals surface area contributed by atoms with Crippen molar-refractivity contribution < 1.29 is 14.7 Å². The van der Waals surface area contributed by atoms with Gasteiger partial charge in [0.2, 0.25) is 0 Å². The van der Waals surface area contributed by atoms with E-state index in [1.54, 1.807) is 12.1 Å². The van der Waals surface area contributed by atoms with Crippen LogP contribution in [0.4, 0.5) is 10.5 Å². The van der Waals surface area contributed by atoms with E-state index in [2.05, 4.69) is 10.3 Å². The van der Waals surface area contributed by atoms with Crippen molar-refractivity contribution in [3.63, 3.8) is 0 Å². The first-order valence-electron chi connectivity index (χ1n) is 6.16. The predicted molar refractivity (Wildman–Crippen MR) is 72.1 cm³/mol. The van der Waals surface area contributed by atoms with Crippen molar-refractivity contribution in [2.24, 2.45) is 0 Å². The van der Waals surface area contributed by atoms with Crippen LogP contribution in [-0.2, 0) is 11.2 Å². The first kappa shape index (κ1) is 15.4. The molecule has 1 aromatic heterocycles. The minimum Gasteiger partial charge on any atom is -0.481 e. The highest BCUT2D eigenvalue weighted by Gasteiger charge is 2.11. The molecule has 2 amide bonds. The summed E-state index contributed by atoms with van der Waals surface area (Å²) in [4.78, 5) is 27.9. The molecule has 0 aromatic carbocycles. The van der Waals surface area contributed by atoms with Gasteiger partial charge in [0.05, 0.1) is 36.5 Å². The Kier molecular flexibility index (Phi) is 5.97. The van der Waals surface area contributed by atoms with E-state index in [4.69, 9.17) is 10.4 Å². The van der Waals surface area contributed by atoms with E-state index in [9.17, 15) is 9.59 Å². The Balaban J connectivity index is 2.61. The summed E-state index contributed by atoms with van der Waals surface area (Å²) in [5.41, 5.74) is 0.909. The van der Waals surface area contributed by atoms with E-state index >= 15 is 0 Å². The van der Waals surface area contributed by atoms with Gasteiger partial charge in [-0.2, -0.15) is 5.26 Å². The van der Waals surface area contributed by atoms with Crippen molar-refractivity contribution in [1.29, 1.82) is 5.26 Å². The number of pyridine rings is 1. The average molecular weight is 276 g/mol. The molecule has 0 radical (unpaired) electrons. The van der Waals surface area contributed by atoms with Crippen molar-refractivity contribution in [3.8, 4) is 6.07 Å². The van der Waals surface area contributed by atoms with Crippen molar-refractivity contribution in [2.75, 3.05) is 18.4 Å². The van der Waals surface area contributed by atoms with Gasteiger partial charge in [-0.3, -0.25) is 9.78 Å². The molecule has 1 rings (SSSR count). The molecule has 0 saturated heterocycles. The van der Waals surface area contributed by atoms with Gasteiger partial charge in [-0.05, 0) is 19.1 Å². The Morgan fingerprint density at radius 1 is 1.50 bits per heavy atom. The number of hydrogen-bond donors (Lipinski definition) is 2. The lowest BCUT2D eigenvalue weighted by atomic mass is 10.2. The molecule has 0 aliphatic rings. The number of anilines is 1.